The molecule has 0 aliphatic heterocycles. The summed E-state index contributed by atoms with van der Waals surface area (Å²) < 4.78 is 0. The molecule has 2 aromatic carbocycles. The third-order valence-corrected chi connectivity index (χ3v) is 4.59. The molecule has 0 saturated carbocycles. The van der Waals surface area contributed by atoms with E-state index in [4.69, 9.17) is 0 Å². The van der Waals surface area contributed by atoms with E-state index in [9.17, 15) is 9.59 Å². The third-order valence-electron chi connectivity index (χ3n) is 4.59. The van der Waals surface area contributed by atoms with Crippen LogP contribution in [0, 0.1) is 6.92 Å². The standard InChI is InChI=1S/C22H28N2O2/c1-5-20-13-9-10-17(2)22(20)24(18(3)25)15-14-21(26)23(4)16-19-11-7-6-8-12-19/h6-13H,5,14-16H2,1-4H3. The largest absolute Gasteiger partial charge is 0.341 e. The molecule has 0 spiro atoms. The number of amides is 2. The summed E-state index contributed by atoms with van der Waals surface area (Å²) in [6.07, 6.45) is 1.16. The fraction of sp³-hybridized carbons (Fsp3) is 0.364. The van der Waals surface area contributed by atoms with Gasteiger partial charge in [0.15, 0.2) is 0 Å². The van der Waals surface area contributed by atoms with E-state index in [0.29, 0.717) is 19.5 Å². The van der Waals surface area contributed by atoms with Crippen LogP contribution in [0.5, 0.6) is 0 Å². The predicted molar refractivity (Wildman–Crippen MR) is 106 cm³/mol. The van der Waals surface area contributed by atoms with Crippen molar-refractivity contribution in [3.05, 3.63) is 65.2 Å². The number of aryl methyl sites for hydroxylation is 2. The lowest BCUT2D eigenvalue weighted by molar-refractivity contribution is -0.130. The van der Waals surface area contributed by atoms with E-state index in [1.165, 1.54) is 0 Å². The van der Waals surface area contributed by atoms with Gasteiger partial charge in [0.25, 0.3) is 0 Å². The van der Waals surface area contributed by atoms with Crippen molar-refractivity contribution < 1.29 is 9.59 Å². The van der Waals surface area contributed by atoms with Gasteiger partial charge in [0.1, 0.15) is 0 Å². The molecule has 26 heavy (non-hydrogen) atoms. The van der Waals surface area contributed by atoms with Crippen LogP contribution in [0.2, 0.25) is 0 Å². The first-order valence-corrected chi connectivity index (χ1v) is 9.08. The molecule has 0 aliphatic carbocycles. The Kier molecular flexibility index (Phi) is 6.96. The van der Waals surface area contributed by atoms with E-state index in [1.807, 2.05) is 55.5 Å². The van der Waals surface area contributed by atoms with Crippen molar-refractivity contribution in [3.63, 3.8) is 0 Å². The zero-order valence-electron chi connectivity index (χ0n) is 16.2. The van der Waals surface area contributed by atoms with Gasteiger partial charge < -0.3 is 9.80 Å². The Morgan fingerprint density at radius 3 is 2.31 bits per heavy atom. The summed E-state index contributed by atoms with van der Waals surface area (Å²) >= 11 is 0. The predicted octanol–water partition coefficient (Wildman–Crippen LogP) is 3.96. The van der Waals surface area contributed by atoms with Crippen molar-refractivity contribution in [2.75, 3.05) is 18.5 Å². The van der Waals surface area contributed by atoms with E-state index in [1.54, 1.807) is 23.8 Å². The smallest absolute Gasteiger partial charge is 0.224 e. The van der Waals surface area contributed by atoms with Gasteiger partial charge in [0.05, 0.1) is 0 Å². The van der Waals surface area contributed by atoms with Crippen molar-refractivity contribution in [3.8, 4) is 0 Å². The molecule has 0 unspecified atom stereocenters. The van der Waals surface area contributed by atoms with Crippen LogP contribution in [0.25, 0.3) is 0 Å². The fourth-order valence-corrected chi connectivity index (χ4v) is 3.16. The van der Waals surface area contributed by atoms with E-state index in [-0.39, 0.29) is 11.8 Å². The average molecular weight is 352 g/mol. The Balaban J connectivity index is 2.07. The number of hydrogen-bond donors (Lipinski definition) is 0. The summed E-state index contributed by atoms with van der Waals surface area (Å²) in [5.41, 5.74) is 4.23. The topological polar surface area (TPSA) is 40.6 Å². The van der Waals surface area contributed by atoms with E-state index >= 15 is 0 Å². The highest BCUT2D eigenvalue weighted by Gasteiger charge is 2.19. The molecular formula is C22H28N2O2. The molecule has 4 nitrogen and oxygen atoms in total. The van der Waals surface area contributed by atoms with Crippen LogP contribution >= 0.6 is 0 Å². The van der Waals surface area contributed by atoms with Crippen molar-refractivity contribution in [1.29, 1.82) is 0 Å². The number of carbonyl (C=O) groups is 2. The number of anilines is 1. The molecule has 0 aromatic heterocycles. The van der Waals surface area contributed by atoms with Gasteiger partial charge in [-0.15, -0.1) is 0 Å². The highest BCUT2D eigenvalue weighted by Crippen LogP contribution is 2.26. The van der Waals surface area contributed by atoms with Crippen LogP contribution in [0.1, 0.15) is 37.0 Å². The molecule has 138 valence electrons. The molecule has 4 heteroatoms. The highest BCUT2D eigenvalue weighted by atomic mass is 16.2. The van der Waals surface area contributed by atoms with Crippen molar-refractivity contribution in [1.82, 2.24) is 4.90 Å². The Bertz CT molecular complexity index is 756. The Morgan fingerprint density at radius 1 is 1.00 bits per heavy atom. The van der Waals surface area contributed by atoms with Gasteiger partial charge in [-0.3, -0.25) is 9.59 Å². The van der Waals surface area contributed by atoms with Gasteiger partial charge in [-0.1, -0.05) is 55.5 Å². The second-order valence-corrected chi connectivity index (χ2v) is 6.59. The van der Waals surface area contributed by atoms with Crippen LogP contribution in [0.4, 0.5) is 5.69 Å². The van der Waals surface area contributed by atoms with Crippen molar-refractivity contribution in [2.45, 2.75) is 40.2 Å². The zero-order chi connectivity index (χ0) is 19.1. The lowest BCUT2D eigenvalue weighted by Gasteiger charge is -2.26. The summed E-state index contributed by atoms with van der Waals surface area (Å²) in [6.45, 7) is 6.61. The maximum atomic E-state index is 12.5. The minimum absolute atomic E-state index is 0.0340. The van der Waals surface area contributed by atoms with Crippen LogP contribution in [0.15, 0.2) is 48.5 Å². The molecule has 0 aliphatic rings. The number of benzene rings is 2. The molecule has 2 amide bonds. The number of hydrogen-bond acceptors (Lipinski definition) is 2. The van der Waals surface area contributed by atoms with Crippen LogP contribution in [-0.4, -0.2) is 30.3 Å². The molecule has 0 N–H and O–H groups in total. The zero-order valence-corrected chi connectivity index (χ0v) is 16.2. The molecular weight excluding hydrogens is 324 g/mol. The minimum Gasteiger partial charge on any atom is -0.341 e. The lowest BCUT2D eigenvalue weighted by atomic mass is 10.0. The highest BCUT2D eigenvalue weighted by molar-refractivity contribution is 5.94. The molecule has 0 atom stereocenters. The molecule has 0 bridgehead atoms. The van der Waals surface area contributed by atoms with Gasteiger partial charge in [-0.25, -0.2) is 0 Å². The van der Waals surface area contributed by atoms with Crippen LogP contribution in [-0.2, 0) is 22.6 Å². The second kappa shape index (κ2) is 9.18. The Labute approximate surface area is 156 Å². The van der Waals surface area contributed by atoms with E-state index < -0.39 is 0 Å². The third kappa shape index (κ3) is 4.94. The molecule has 0 fully saturated rings. The summed E-state index contributed by atoms with van der Waals surface area (Å²) in [4.78, 5) is 28.2. The fourth-order valence-electron chi connectivity index (χ4n) is 3.16. The molecule has 0 saturated heterocycles. The maximum absolute atomic E-state index is 12.5. The second-order valence-electron chi connectivity index (χ2n) is 6.59. The van der Waals surface area contributed by atoms with E-state index in [0.717, 1.165) is 28.8 Å². The quantitative estimate of drug-likeness (QED) is 0.757. The molecule has 0 radical (unpaired) electrons. The Morgan fingerprint density at radius 2 is 1.69 bits per heavy atom. The number of nitrogens with zero attached hydrogens (tertiary/aromatic N) is 2. The summed E-state index contributed by atoms with van der Waals surface area (Å²) in [5.74, 6) is -0.000696. The number of carbonyl (C=O) groups excluding carboxylic acids is 2. The Hall–Kier alpha value is -2.62. The first-order chi connectivity index (χ1) is 12.4. The summed E-state index contributed by atoms with van der Waals surface area (Å²) in [7, 11) is 1.80. The number of rotatable bonds is 7. The molecule has 0 heterocycles. The summed E-state index contributed by atoms with van der Waals surface area (Å²) in [5, 5.41) is 0. The summed E-state index contributed by atoms with van der Waals surface area (Å²) in [6, 6.07) is 16.0. The van der Waals surface area contributed by atoms with Crippen LogP contribution < -0.4 is 4.90 Å². The van der Waals surface area contributed by atoms with Gasteiger partial charge >= 0.3 is 0 Å². The molecule has 2 rings (SSSR count). The van der Waals surface area contributed by atoms with Gasteiger partial charge in [0.2, 0.25) is 11.8 Å². The lowest BCUT2D eigenvalue weighted by Crippen LogP contribution is -2.35. The maximum Gasteiger partial charge on any atom is 0.224 e. The van der Waals surface area contributed by atoms with Gasteiger partial charge in [-0.05, 0) is 30.0 Å². The van der Waals surface area contributed by atoms with Crippen molar-refractivity contribution >= 4 is 17.5 Å². The number of para-hydroxylation sites is 1. The van der Waals surface area contributed by atoms with E-state index in [2.05, 4.69) is 6.92 Å². The molecule has 2 aromatic rings. The normalized spacial score (nSPS) is 10.5. The SMILES string of the molecule is CCc1cccc(C)c1N(CCC(=O)N(C)Cc1ccccc1)C(C)=O. The first-order valence-electron chi connectivity index (χ1n) is 9.08. The first kappa shape index (κ1) is 19.7. The van der Waals surface area contributed by atoms with Crippen molar-refractivity contribution in [2.24, 2.45) is 0 Å². The minimum atomic E-state index is -0.0347. The van der Waals surface area contributed by atoms with Gasteiger partial charge in [-0.2, -0.15) is 0 Å². The average Bonchev–Trinajstić information content (AvgIpc) is 2.63. The van der Waals surface area contributed by atoms with Crippen LogP contribution in [0.3, 0.4) is 0 Å². The monoisotopic (exact) mass is 352 g/mol. The van der Waals surface area contributed by atoms with Gasteiger partial charge in [0, 0.05) is 39.2 Å².